The third-order valence-corrected chi connectivity index (χ3v) is 2.63. The summed E-state index contributed by atoms with van der Waals surface area (Å²) >= 11 is 0. The highest BCUT2D eigenvalue weighted by Gasteiger charge is 2.18. The van der Waals surface area contributed by atoms with E-state index >= 15 is 0 Å². The first-order valence-corrected chi connectivity index (χ1v) is 4.91. The Morgan fingerprint density at radius 2 is 1.93 bits per heavy atom. The molecule has 0 saturated carbocycles. The SMILES string of the molecule is Cc1[nH]n(C)c(=O)c1N1CCNCC1. The maximum Gasteiger partial charge on any atom is 0.290 e. The van der Waals surface area contributed by atoms with Crippen molar-refractivity contribution in [1.82, 2.24) is 15.1 Å². The van der Waals surface area contributed by atoms with Crippen LogP contribution >= 0.6 is 0 Å². The molecule has 0 bridgehead atoms. The van der Waals surface area contributed by atoms with E-state index in [1.165, 1.54) is 4.68 Å². The summed E-state index contributed by atoms with van der Waals surface area (Å²) in [5.41, 5.74) is 1.86. The second-order valence-corrected chi connectivity index (χ2v) is 3.69. The van der Waals surface area contributed by atoms with Crippen molar-refractivity contribution in [3.05, 3.63) is 16.0 Å². The third kappa shape index (κ3) is 1.43. The van der Waals surface area contributed by atoms with Gasteiger partial charge in [-0.1, -0.05) is 0 Å². The number of hydrogen-bond acceptors (Lipinski definition) is 3. The van der Waals surface area contributed by atoms with E-state index in [9.17, 15) is 4.79 Å². The zero-order chi connectivity index (χ0) is 10.1. The van der Waals surface area contributed by atoms with Crippen LogP contribution in [-0.2, 0) is 7.05 Å². The molecule has 2 rings (SSSR count). The summed E-state index contributed by atoms with van der Waals surface area (Å²) in [6.45, 7) is 5.67. The van der Waals surface area contributed by atoms with Crippen LogP contribution in [0.3, 0.4) is 0 Å². The highest BCUT2D eigenvalue weighted by molar-refractivity contribution is 5.49. The fourth-order valence-electron chi connectivity index (χ4n) is 1.94. The minimum Gasteiger partial charge on any atom is -0.363 e. The van der Waals surface area contributed by atoms with E-state index < -0.39 is 0 Å². The number of anilines is 1. The van der Waals surface area contributed by atoms with Gasteiger partial charge in [-0.15, -0.1) is 0 Å². The van der Waals surface area contributed by atoms with Crippen LogP contribution in [-0.4, -0.2) is 36.0 Å². The van der Waals surface area contributed by atoms with E-state index in [2.05, 4.69) is 15.3 Å². The van der Waals surface area contributed by atoms with Gasteiger partial charge in [-0.25, -0.2) is 0 Å². The third-order valence-electron chi connectivity index (χ3n) is 2.63. The summed E-state index contributed by atoms with van der Waals surface area (Å²) in [5.74, 6) is 0. The number of rotatable bonds is 1. The van der Waals surface area contributed by atoms with E-state index in [0.717, 1.165) is 37.6 Å². The van der Waals surface area contributed by atoms with Crippen LogP contribution in [0.25, 0.3) is 0 Å². The molecule has 14 heavy (non-hydrogen) atoms. The van der Waals surface area contributed by atoms with Crippen LogP contribution < -0.4 is 15.8 Å². The molecule has 78 valence electrons. The Bertz CT molecular complexity index is 373. The van der Waals surface area contributed by atoms with Crippen molar-refractivity contribution in [2.24, 2.45) is 7.05 Å². The number of aromatic nitrogens is 2. The van der Waals surface area contributed by atoms with E-state index in [-0.39, 0.29) is 5.56 Å². The number of nitrogens with zero attached hydrogens (tertiary/aromatic N) is 2. The van der Waals surface area contributed by atoms with E-state index in [4.69, 9.17) is 0 Å². The zero-order valence-corrected chi connectivity index (χ0v) is 8.63. The van der Waals surface area contributed by atoms with Gasteiger partial charge >= 0.3 is 0 Å². The normalized spacial score (nSPS) is 17.4. The van der Waals surface area contributed by atoms with Gasteiger partial charge in [0, 0.05) is 33.2 Å². The van der Waals surface area contributed by atoms with Crippen molar-refractivity contribution in [2.45, 2.75) is 6.92 Å². The molecule has 0 aromatic carbocycles. The lowest BCUT2D eigenvalue weighted by Gasteiger charge is -2.28. The van der Waals surface area contributed by atoms with Crippen LogP contribution in [0.15, 0.2) is 4.79 Å². The van der Waals surface area contributed by atoms with E-state index in [0.29, 0.717) is 0 Å². The first kappa shape index (κ1) is 9.33. The topological polar surface area (TPSA) is 53.1 Å². The van der Waals surface area contributed by atoms with Crippen LogP contribution in [0.1, 0.15) is 5.69 Å². The Kier molecular flexibility index (Phi) is 2.33. The standard InChI is InChI=1S/C9H16N4O/c1-7-8(9(14)12(2)11-7)13-5-3-10-4-6-13/h10-11H,3-6H2,1-2H3. The zero-order valence-electron chi connectivity index (χ0n) is 8.63. The quantitative estimate of drug-likeness (QED) is 0.632. The van der Waals surface area contributed by atoms with Gasteiger partial charge in [0.05, 0.1) is 5.69 Å². The molecule has 0 radical (unpaired) electrons. The lowest BCUT2D eigenvalue weighted by atomic mass is 10.3. The van der Waals surface area contributed by atoms with Crippen molar-refractivity contribution in [3.8, 4) is 0 Å². The fraction of sp³-hybridized carbons (Fsp3) is 0.667. The van der Waals surface area contributed by atoms with Crippen molar-refractivity contribution in [2.75, 3.05) is 31.1 Å². The second kappa shape index (κ2) is 3.49. The molecule has 2 heterocycles. The molecule has 2 N–H and O–H groups in total. The summed E-state index contributed by atoms with van der Waals surface area (Å²) < 4.78 is 1.53. The molecule has 1 aliphatic rings. The maximum absolute atomic E-state index is 11.8. The minimum atomic E-state index is 0.0735. The summed E-state index contributed by atoms with van der Waals surface area (Å²) in [6, 6.07) is 0. The molecule has 5 nitrogen and oxygen atoms in total. The van der Waals surface area contributed by atoms with Gasteiger partial charge in [0.25, 0.3) is 5.56 Å². The Morgan fingerprint density at radius 3 is 2.43 bits per heavy atom. The predicted molar refractivity (Wildman–Crippen MR) is 55.9 cm³/mol. The smallest absolute Gasteiger partial charge is 0.290 e. The molecule has 1 fully saturated rings. The number of piperazine rings is 1. The fourth-order valence-corrected chi connectivity index (χ4v) is 1.94. The first-order valence-electron chi connectivity index (χ1n) is 4.91. The van der Waals surface area contributed by atoms with Crippen LogP contribution in [0.4, 0.5) is 5.69 Å². The number of aromatic amines is 1. The molecular weight excluding hydrogens is 180 g/mol. The number of nitrogens with one attached hydrogen (secondary N) is 2. The average Bonchev–Trinajstić information content (AvgIpc) is 2.43. The van der Waals surface area contributed by atoms with Gasteiger partial charge in [-0.05, 0) is 6.92 Å². The van der Waals surface area contributed by atoms with Crippen LogP contribution in [0.2, 0.25) is 0 Å². The molecule has 0 amide bonds. The van der Waals surface area contributed by atoms with Gasteiger partial charge < -0.3 is 10.2 Å². The summed E-state index contributed by atoms with van der Waals surface area (Å²) in [4.78, 5) is 13.9. The summed E-state index contributed by atoms with van der Waals surface area (Å²) in [7, 11) is 1.75. The molecule has 0 unspecified atom stereocenters. The number of H-pyrrole nitrogens is 1. The highest BCUT2D eigenvalue weighted by Crippen LogP contribution is 2.12. The van der Waals surface area contributed by atoms with Crippen molar-refractivity contribution < 1.29 is 0 Å². The molecule has 0 aliphatic carbocycles. The Morgan fingerprint density at radius 1 is 1.29 bits per heavy atom. The molecule has 5 heteroatoms. The summed E-state index contributed by atoms with van der Waals surface area (Å²) in [5, 5.41) is 6.28. The van der Waals surface area contributed by atoms with Gasteiger partial charge in [-0.2, -0.15) is 0 Å². The molecular formula is C9H16N4O. The summed E-state index contributed by atoms with van der Waals surface area (Å²) in [6.07, 6.45) is 0. The molecule has 1 saturated heterocycles. The molecule has 0 atom stereocenters. The molecule has 1 aromatic heterocycles. The van der Waals surface area contributed by atoms with Crippen LogP contribution in [0, 0.1) is 6.92 Å². The Balaban J connectivity index is 2.34. The van der Waals surface area contributed by atoms with Crippen molar-refractivity contribution in [3.63, 3.8) is 0 Å². The van der Waals surface area contributed by atoms with Crippen LogP contribution in [0.5, 0.6) is 0 Å². The first-order chi connectivity index (χ1) is 6.70. The minimum absolute atomic E-state index is 0.0735. The van der Waals surface area contributed by atoms with Gasteiger partial charge in [0.15, 0.2) is 0 Å². The largest absolute Gasteiger partial charge is 0.363 e. The lowest BCUT2D eigenvalue weighted by Crippen LogP contribution is -2.45. The molecule has 1 aliphatic heterocycles. The van der Waals surface area contributed by atoms with E-state index in [1.807, 2.05) is 6.92 Å². The van der Waals surface area contributed by atoms with Gasteiger partial charge in [0.2, 0.25) is 0 Å². The lowest BCUT2D eigenvalue weighted by molar-refractivity contribution is 0.587. The van der Waals surface area contributed by atoms with E-state index in [1.54, 1.807) is 7.05 Å². The van der Waals surface area contributed by atoms with Gasteiger partial charge in [0.1, 0.15) is 5.69 Å². The number of aryl methyl sites for hydroxylation is 2. The Labute approximate surface area is 82.7 Å². The second-order valence-electron chi connectivity index (χ2n) is 3.69. The van der Waals surface area contributed by atoms with Crippen molar-refractivity contribution in [1.29, 1.82) is 0 Å². The highest BCUT2D eigenvalue weighted by atomic mass is 16.1. The number of hydrogen-bond donors (Lipinski definition) is 2. The molecule has 0 spiro atoms. The molecule has 1 aromatic rings. The Hall–Kier alpha value is -1.23. The van der Waals surface area contributed by atoms with Gasteiger partial charge in [-0.3, -0.25) is 14.6 Å². The maximum atomic E-state index is 11.8. The monoisotopic (exact) mass is 196 g/mol. The average molecular weight is 196 g/mol. The van der Waals surface area contributed by atoms with Crippen molar-refractivity contribution >= 4 is 5.69 Å². The predicted octanol–water partition coefficient (Wildman–Crippen LogP) is -0.569.